The van der Waals surface area contributed by atoms with Gasteiger partial charge in [-0.2, -0.15) is 26.3 Å². The molecule has 6 N–H and O–H groups in total. The molecule has 2 atom stereocenters. The van der Waals surface area contributed by atoms with Crippen LogP contribution in [0.2, 0.25) is 0 Å². The van der Waals surface area contributed by atoms with Gasteiger partial charge < -0.3 is 25.6 Å². The fourth-order valence-corrected chi connectivity index (χ4v) is 5.03. The predicted molar refractivity (Wildman–Crippen MR) is 165 cm³/mol. The standard InChI is InChI=1S/C28H34N4O4.2C2HF3O2/c1-18(2)14-22(16-26(33)31-35)32-13-12-28(29,27(32)34)21-8-10-23(11-9-21)36-17-20-15-19(3)30-25-7-5-4-6-24(20)25;2*3-2(4,5)1(6)7/h4-11,15,18,22,35H,12-14,16-17,29H2,1-3H3,(H,31,33);2*(H,6,7)/t22-,28?;;/m1../s1. The van der Waals surface area contributed by atoms with Crippen LogP contribution in [0.25, 0.3) is 10.9 Å². The summed E-state index contributed by atoms with van der Waals surface area (Å²) in [4.78, 5) is 49.3. The number of hydroxylamine groups is 1. The number of amides is 2. The monoisotopic (exact) mass is 718 g/mol. The Morgan fingerprint density at radius 2 is 1.54 bits per heavy atom. The number of hydrogen-bond acceptors (Lipinski definition) is 8. The zero-order chi connectivity index (χ0) is 38.0. The van der Waals surface area contributed by atoms with Crippen LogP contribution < -0.4 is 16.0 Å². The topological polar surface area (TPSA) is 192 Å². The first kappa shape index (κ1) is 41.2. The Bertz CT molecular complexity index is 1630. The van der Waals surface area contributed by atoms with Crippen molar-refractivity contribution in [1.29, 1.82) is 0 Å². The van der Waals surface area contributed by atoms with Gasteiger partial charge in [0.2, 0.25) is 11.8 Å². The number of halogens is 6. The number of nitrogens with one attached hydrogen (secondary N) is 1. The Balaban J connectivity index is 0.000000521. The summed E-state index contributed by atoms with van der Waals surface area (Å²) in [7, 11) is 0. The van der Waals surface area contributed by atoms with Gasteiger partial charge in [-0.25, -0.2) is 15.1 Å². The molecule has 1 aliphatic rings. The summed E-state index contributed by atoms with van der Waals surface area (Å²) in [5, 5.41) is 24.3. The number of pyridine rings is 1. The van der Waals surface area contributed by atoms with Gasteiger partial charge in [0.1, 0.15) is 17.9 Å². The highest BCUT2D eigenvalue weighted by Crippen LogP contribution is 2.35. The van der Waals surface area contributed by atoms with Crippen LogP contribution >= 0.6 is 0 Å². The minimum Gasteiger partial charge on any atom is -0.489 e. The van der Waals surface area contributed by atoms with E-state index in [0.717, 1.165) is 22.2 Å². The van der Waals surface area contributed by atoms with E-state index in [9.17, 15) is 35.9 Å². The van der Waals surface area contributed by atoms with Crippen LogP contribution in [-0.2, 0) is 31.3 Å². The third kappa shape index (κ3) is 11.6. The van der Waals surface area contributed by atoms with E-state index < -0.39 is 35.7 Å². The number of ether oxygens (including phenoxy) is 1. The minimum absolute atomic E-state index is 0.0342. The van der Waals surface area contributed by atoms with Gasteiger partial charge in [-0.1, -0.05) is 44.2 Å². The molecule has 12 nitrogen and oxygen atoms in total. The Kier molecular flexibility index (Phi) is 14.1. The zero-order valence-electron chi connectivity index (χ0n) is 27.0. The van der Waals surface area contributed by atoms with Crippen LogP contribution in [-0.4, -0.2) is 74.0 Å². The van der Waals surface area contributed by atoms with Gasteiger partial charge >= 0.3 is 24.3 Å². The average Bonchev–Trinajstić information content (AvgIpc) is 3.33. The van der Waals surface area contributed by atoms with Crippen LogP contribution in [0.3, 0.4) is 0 Å². The van der Waals surface area contributed by atoms with Crippen molar-refractivity contribution in [3.63, 3.8) is 0 Å². The second kappa shape index (κ2) is 17.1. The fourth-order valence-electron chi connectivity index (χ4n) is 5.03. The molecule has 1 fully saturated rings. The molecule has 0 aliphatic carbocycles. The van der Waals surface area contributed by atoms with Crippen molar-refractivity contribution in [2.75, 3.05) is 6.54 Å². The van der Waals surface area contributed by atoms with Gasteiger partial charge in [0.15, 0.2) is 0 Å². The SMILES string of the molecule is Cc1cc(COc2ccc(C3(N)CCN([C@@H](CC(=O)NO)CC(C)C)C3=O)cc2)c2ccccc2n1.O=C(O)C(F)(F)F.O=C(O)C(F)(F)F. The second-order valence-corrected chi connectivity index (χ2v) is 11.6. The number of carboxylic acid groups (broad SMARTS) is 2. The molecule has 0 bridgehead atoms. The third-order valence-electron chi connectivity index (χ3n) is 7.30. The molecule has 0 saturated carbocycles. The molecule has 1 aliphatic heterocycles. The normalized spacial score (nSPS) is 16.6. The number of likely N-dealkylation sites (tertiary alicyclic amines) is 1. The number of nitrogens with two attached hydrogens (primary N) is 1. The van der Waals surface area contributed by atoms with E-state index in [2.05, 4.69) is 4.98 Å². The first-order valence-electron chi connectivity index (χ1n) is 14.8. The van der Waals surface area contributed by atoms with Crippen molar-refractivity contribution >= 4 is 34.7 Å². The van der Waals surface area contributed by atoms with Crippen molar-refractivity contribution in [3.05, 3.63) is 71.4 Å². The second-order valence-electron chi connectivity index (χ2n) is 11.6. The highest BCUT2D eigenvalue weighted by molar-refractivity contribution is 5.90. The maximum Gasteiger partial charge on any atom is 0.490 e. The van der Waals surface area contributed by atoms with Gasteiger partial charge in [0.25, 0.3) is 0 Å². The summed E-state index contributed by atoms with van der Waals surface area (Å²) in [6.45, 7) is 6.89. The molecule has 1 unspecified atom stereocenters. The number of nitrogens with zero attached hydrogens (tertiary/aromatic N) is 2. The highest BCUT2D eigenvalue weighted by Gasteiger charge is 2.47. The summed E-state index contributed by atoms with van der Waals surface area (Å²) in [5.41, 5.74) is 10.8. The summed E-state index contributed by atoms with van der Waals surface area (Å²) in [6, 6.07) is 17.0. The number of benzene rings is 2. The molecule has 0 spiro atoms. The number of aryl methyl sites for hydroxylation is 1. The summed E-state index contributed by atoms with van der Waals surface area (Å²) in [6.07, 6.45) is -9.04. The predicted octanol–water partition coefficient (Wildman–Crippen LogP) is 5.09. The van der Waals surface area contributed by atoms with Crippen molar-refractivity contribution in [1.82, 2.24) is 15.4 Å². The summed E-state index contributed by atoms with van der Waals surface area (Å²) >= 11 is 0. The quantitative estimate of drug-likeness (QED) is 0.113. The number of carbonyl (C=O) groups excluding carboxylic acids is 2. The van der Waals surface area contributed by atoms with Gasteiger partial charge in [0, 0.05) is 35.7 Å². The lowest BCUT2D eigenvalue weighted by Crippen LogP contribution is -2.49. The van der Waals surface area contributed by atoms with E-state index in [4.69, 9.17) is 35.5 Å². The van der Waals surface area contributed by atoms with Crippen molar-refractivity contribution in [2.45, 2.75) is 70.6 Å². The highest BCUT2D eigenvalue weighted by atomic mass is 19.4. The lowest BCUT2D eigenvalue weighted by Gasteiger charge is -2.31. The van der Waals surface area contributed by atoms with E-state index in [-0.39, 0.29) is 24.3 Å². The number of carbonyl (C=O) groups is 4. The van der Waals surface area contributed by atoms with Gasteiger partial charge in [0.05, 0.1) is 5.52 Å². The van der Waals surface area contributed by atoms with Crippen LogP contribution in [0, 0.1) is 12.8 Å². The molecule has 2 aromatic carbocycles. The van der Waals surface area contributed by atoms with Gasteiger partial charge in [-0.3, -0.25) is 19.8 Å². The van der Waals surface area contributed by atoms with Crippen molar-refractivity contribution in [3.8, 4) is 5.75 Å². The molecular formula is C32H36F6N4O8. The largest absolute Gasteiger partial charge is 0.490 e. The molecule has 1 saturated heterocycles. The number of aromatic nitrogens is 1. The number of hydrogen-bond donors (Lipinski definition) is 5. The maximum absolute atomic E-state index is 13.4. The van der Waals surface area contributed by atoms with E-state index in [0.29, 0.717) is 37.3 Å². The van der Waals surface area contributed by atoms with E-state index in [1.165, 1.54) is 0 Å². The minimum atomic E-state index is -5.08. The zero-order valence-corrected chi connectivity index (χ0v) is 27.0. The molecule has 2 heterocycles. The van der Waals surface area contributed by atoms with Crippen LogP contribution in [0.4, 0.5) is 26.3 Å². The lowest BCUT2D eigenvalue weighted by molar-refractivity contribution is -0.193. The van der Waals surface area contributed by atoms with E-state index in [1.807, 2.05) is 75.4 Å². The average molecular weight is 719 g/mol. The molecule has 4 rings (SSSR count). The fraction of sp³-hybridized carbons (Fsp3) is 0.406. The molecule has 18 heteroatoms. The molecule has 2 amide bonds. The van der Waals surface area contributed by atoms with E-state index in [1.54, 1.807) is 10.4 Å². The molecule has 274 valence electrons. The summed E-state index contributed by atoms with van der Waals surface area (Å²) in [5.74, 6) is -5.27. The molecule has 1 aromatic heterocycles. The number of fused-ring (bicyclic) bond motifs is 1. The van der Waals surface area contributed by atoms with Gasteiger partial charge in [-0.15, -0.1) is 0 Å². The third-order valence-corrected chi connectivity index (χ3v) is 7.30. The van der Waals surface area contributed by atoms with Crippen molar-refractivity contribution in [2.24, 2.45) is 11.7 Å². The summed E-state index contributed by atoms with van der Waals surface area (Å²) < 4.78 is 69.5. The van der Waals surface area contributed by atoms with Crippen LogP contribution in [0.1, 0.15) is 49.9 Å². The number of alkyl halides is 6. The van der Waals surface area contributed by atoms with E-state index >= 15 is 0 Å². The number of para-hydroxylation sites is 1. The van der Waals surface area contributed by atoms with Crippen LogP contribution in [0.5, 0.6) is 5.75 Å². The molecule has 50 heavy (non-hydrogen) atoms. The molecule has 0 radical (unpaired) electrons. The number of rotatable bonds is 9. The first-order chi connectivity index (χ1) is 23.1. The Morgan fingerprint density at radius 1 is 1.00 bits per heavy atom. The Hall–Kier alpha value is -4.97. The smallest absolute Gasteiger partial charge is 0.489 e. The molecule has 3 aromatic rings. The van der Waals surface area contributed by atoms with Crippen molar-refractivity contribution < 1.29 is 65.7 Å². The van der Waals surface area contributed by atoms with Gasteiger partial charge in [-0.05, 0) is 55.5 Å². The van der Waals surface area contributed by atoms with Crippen LogP contribution in [0.15, 0.2) is 54.6 Å². The number of carboxylic acids is 2. The number of aliphatic carboxylic acids is 2. The first-order valence-corrected chi connectivity index (χ1v) is 14.8. The Labute approximate surface area is 281 Å². The lowest BCUT2D eigenvalue weighted by atomic mass is 9.89. The maximum atomic E-state index is 13.4. The molecular weight excluding hydrogens is 682 g/mol. The Morgan fingerprint density at radius 3 is 2.04 bits per heavy atom.